The number of hydrogen-bond donors (Lipinski definition) is 2. The molecule has 0 radical (unpaired) electrons. The molecule has 1 aliphatic rings. The summed E-state index contributed by atoms with van der Waals surface area (Å²) in [6, 6.07) is 18.4. The number of pyridine rings is 1. The molecular weight excluding hydrogens is 498 g/mol. The number of nitrogens with one attached hydrogen (secondary N) is 1. The van der Waals surface area contributed by atoms with E-state index in [4.69, 9.17) is 15.5 Å². The van der Waals surface area contributed by atoms with E-state index in [9.17, 15) is 9.59 Å². The van der Waals surface area contributed by atoms with Gasteiger partial charge in [-0.25, -0.2) is 14.8 Å². The fraction of sp³-hybridized carbons (Fsp3) is 0.172. The van der Waals surface area contributed by atoms with Gasteiger partial charge in [0.2, 0.25) is 0 Å². The van der Waals surface area contributed by atoms with Crippen LogP contribution < -0.4 is 11.1 Å². The van der Waals surface area contributed by atoms with Crippen molar-refractivity contribution in [3.05, 3.63) is 99.6 Å². The predicted molar refractivity (Wildman–Crippen MR) is 148 cm³/mol. The number of ether oxygens (including phenoxy) is 1. The van der Waals surface area contributed by atoms with Crippen molar-refractivity contribution in [2.45, 2.75) is 25.2 Å². The summed E-state index contributed by atoms with van der Waals surface area (Å²) in [5.41, 5.74) is 12.4. The van der Waals surface area contributed by atoms with Gasteiger partial charge in [-0.05, 0) is 61.7 Å². The Bertz CT molecular complexity index is 1700. The molecule has 6 rings (SSSR count). The highest BCUT2D eigenvalue weighted by atomic mass is 32.1. The molecule has 0 atom stereocenters. The lowest BCUT2D eigenvalue weighted by Crippen LogP contribution is -2.14. The topological polar surface area (TPSA) is 112 Å². The molecule has 2 aromatic carbocycles. The van der Waals surface area contributed by atoms with Gasteiger partial charge in [-0.2, -0.15) is 0 Å². The molecule has 1 aliphatic carbocycles. The number of hydrogen-bond acceptors (Lipinski definition) is 7. The first-order chi connectivity index (χ1) is 18.4. The van der Waals surface area contributed by atoms with Crippen LogP contribution in [0.4, 0.5) is 11.4 Å². The minimum atomic E-state index is -0.394. The smallest absolute Gasteiger partial charge is 0.338 e. The number of thiazole rings is 1. The Morgan fingerprint density at radius 3 is 2.53 bits per heavy atom. The SMILES string of the molecule is COC(=O)c1ccn2c(-c3csc(C4(c5ccc(C(=O)Nc6ccccc6N)cc5)CC4)n3)c(C)nc2c1. The highest BCUT2D eigenvalue weighted by Gasteiger charge is 2.48. The Morgan fingerprint density at radius 2 is 1.82 bits per heavy atom. The molecule has 1 saturated carbocycles. The van der Waals surface area contributed by atoms with Crippen LogP contribution in [0.15, 0.2) is 72.2 Å². The number of aromatic nitrogens is 3. The zero-order valence-corrected chi connectivity index (χ0v) is 21.7. The number of carbonyl (C=O) groups excluding carboxylic acids is 2. The summed E-state index contributed by atoms with van der Waals surface area (Å²) in [6.07, 6.45) is 3.83. The lowest BCUT2D eigenvalue weighted by Gasteiger charge is -2.14. The average molecular weight is 524 g/mol. The molecule has 38 heavy (non-hydrogen) atoms. The van der Waals surface area contributed by atoms with Crippen molar-refractivity contribution in [3.63, 3.8) is 0 Å². The molecular formula is C29H25N5O3S. The first-order valence-corrected chi connectivity index (χ1v) is 13.1. The van der Waals surface area contributed by atoms with Crippen LogP contribution in [0.1, 0.15) is 49.8 Å². The Balaban J connectivity index is 1.26. The number of methoxy groups -OCH3 is 1. The third kappa shape index (κ3) is 4.01. The largest absolute Gasteiger partial charge is 0.465 e. The Hall–Kier alpha value is -4.50. The predicted octanol–water partition coefficient (Wildman–Crippen LogP) is 5.47. The van der Waals surface area contributed by atoms with E-state index in [0.717, 1.165) is 40.5 Å². The number of imidazole rings is 1. The third-order valence-electron chi connectivity index (χ3n) is 7.04. The quantitative estimate of drug-likeness (QED) is 0.226. The van der Waals surface area contributed by atoms with Crippen LogP contribution >= 0.6 is 11.3 Å². The second-order valence-electron chi connectivity index (χ2n) is 9.42. The molecule has 0 aliphatic heterocycles. The van der Waals surface area contributed by atoms with Crippen LogP contribution in [0.25, 0.3) is 17.0 Å². The van der Waals surface area contributed by atoms with Gasteiger partial charge >= 0.3 is 5.97 Å². The Morgan fingerprint density at radius 1 is 1.05 bits per heavy atom. The number of fused-ring (bicyclic) bond motifs is 1. The highest BCUT2D eigenvalue weighted by Crippen LogP contribution is 2.54. The first kappa shape index (κ1) is 23.9. The van der Waals surface area contributed by atoms with E-state index in [1.165, 1.54) is 7.11 Å². The molecule has 3 N–H and O–H groups in total. The number of anilines is 2. The molecule has 0 bridgehead atoms. The molecule has 0 spiro atoms. The first-order valence-electron chi connectivity index (χ1n) is 12.2. The van der Waals surface area contributed by atoms with Crippen molar-refractivity contribution in [1.29, 1.82) is 0 Å². The number of amides is 1. The van der Waals surface area contributed by atoms with Crippen LogP contribution in [0.5, 0.6) is 0 Å². The number of benzene rings is 2. The molecule has 0 unspecified atom stereocenters. The third-order valence-corrected chi connectivity index (χ3v) is 8.08. The molecule has 8 nitrogen and oxygen atoms in total. The summed E-state index contributed by atoms with van der Waals surface area (Å²) in [6.45, 7) is 1.94. The molecule has 3 aromatic heterocycles. The summed E-state index contributed by atoms with van der Waals surface area (Å²) in [5, 5.41) is 5.98. The molecule has 0 saturated heterocycles. The molecule has 3 heterocycles. The van der Waals surface area contributed by atoms with E-state index >= 15 is 0 Å². The van der Waals surface area contributed by atoms with Gasteiger partial charge in [-0.15, -0.1) is 11.3 Å². The van der Waals surface area contributed by atoms with Gasteiger partial charge in [0.05, 0.1) is 35.4 Å². The van der Waals surface area contributed by atoms with Gasteiger partial charge in [0.15, 0.2) is 0 Å². The van der Waals surface area contributed by atoms with Crippen molar-refractivity contribution >= 4 is 40.2 Å². The van der Waals surface area contributed by atoms with E-state index in [2.05, 4.69) is 15.7 Å². The van der Waals surface area contributed by atoms with Gasteiger partial charge in [0.25, 0.3) is 5.91 Å². The highest BCUT2D eigenvalue weighted by molar-refractivity contribution is 7.10. The Kier molecular flexibility index (Phi) is 5.72. The fourth-order valence-electron chi connectivity index (χ4n) is 4.82. The van der Waals surface area contributed by atoms with Crippen LogP contribution in [0.2, 0.25) is 0 Å². The van der Waals surface area contributed by atoms with Crippen LogP contribution in [-0.2, 0) is 10.2 Å². The second kappa shape index (κ2) is 9.11. The van der Waals surface area contributed by atoms with Gasteiger partial charge in [0, 0.05) is 22.6 Å². The van der Waals surface area contributed by atoms with Crippen molar-refractivity contribution in [3.8, 4) is 11.4 Å². The van der Waals surface area contributed by atoms with E-state index in [1.807, 2.05) is 53.9 Å². The maximum atomic E-state index is 12.8. The number of nitrogen functional groups attached to an aromatic ring is 1. The van der Waals surface area contributed by atoms with Gasteiger partial charge in [-0.1, -0.05) is 24.3 Å². The molecule has 9 heteroatoms. The van der Waals surface area contributed by atoms with Crippen LogP contribution in [0.3, 0.4) is 0 Å². The van der Waals surface area contributed by atoms with E-state index in [0.29, 0.717) is 28.1 Å². The summed E-state index contributed by atoms with van der Waals surface area (Å²) < 4.78 is 6.79. The lowest BCUT2D eigenvalue weighted by molar-refractivity contribution is 0.0600. The molecule has 1 fully saturated rings. The fourth-order valence-corrected chi connectivity index (χ4v) is 5.90. The average Bonchev–Trinajstić information content (AvgIpc) is 3.47. The van der Waals surface area contributed by atoms with Gasteiger partial charge in [0.1, 0.15) is 16.3 Å². The minimum absolute atomic E-state index is 0.145. The normalized spacial score (nSPS) is 13.8. The number of nitrogens with two attached hydrogens (primary N) is 1. The summed E-state index contributed by atoms with van der Waals surface area (Å²) >= 11 is 1.64. The Labute approximate surface area is 223 Å². The minimum Gasteiger partial charge on any atom is -0.465 e. The second-order valence-corrected chi connectivity index (χ2v) is 10.3. The maximum absolute atomic E-state index is 12.8. The van der Waals surface area contributed by atoms with Crippen molar-refractivity contribution in [1.82, 2.24) is 14.4 Å². The standard InChI is InChI=1S/C29H25N5O3S/c1-17-25(34-14-11-19(27(36)37-2)15-24(34)31-17)23-16-38-28(33-23)29(12-13-29)20-9-7-18(8-10-20)26(35)32-22-6-4-3-5-21(22)30/h3-11,14-16H,12-13,30H2,1-2H3,(H,32,35). The van der Waals surface area contributed by atoms with Crippen molar-refractivity contribution in [2.24, 2.45) is 0 Å². The number of para-hydroxylation sites is 2. The van der Waals surface area contributed by atoms with E-state index in [1.54, 1.807) is 35.6 Å². The number of esters is 1. The van der Waals surface area contributed by atoms with Gasteiger partial charge < -0.3 is 15.8 Å². The summed E-state index contributed by atoms with van der Waals surface area (Å²) in [5.74, 6) is -0.594. The van der Waals surface area contributed by atoms with Crippen LogP contribution in [-0.4, -0.2) is 33.4 Å². The van der Waals surface area contributed by atoms with E-state index < -0.39 is 5.97 Å². The zero-order valence-electron chi connectivity index (χ0n) is 20.9. The maximum Gasteiger partial charge on any atom is 0.338 e. The number of rotatable bonds is 6. The molecule has 190 valence electrons. The summed E-state index contributed by atoms with van der Waals surface area (Å²) in [4.78, 5) is 34.4. The van der Waals surface area contributed by atoms with Crippen LogP contribution in [0, 0.1) is 6.92 Å². The molecule has 1 amide bonds. The van der Waals surface area contributed by atoms with Gasteiger partial charge in [-0.3, -0.25) is 9.20 Å². The lowest BCUT2D eigenvalue weighted by atomic mass is 9.95. The monoisotopic (exact) mass is 523 g/mol. The van der Waals surface area contributed by atoms with E-state index in [-0.39, 0.29) is 11.3 Å². The summed E-state index contributed by atoms with van der Waals surface area (Å²) in [7, 11) is 1.36. The zero-order chi connectivity index (χ0) is 26.4. The van der Waals surface area contributed by atoms with Crippen molar-refractivity contribution in [2.75, 3.05) is 18.2 Å². The van der Waals surface area contributed by atoms with Crippen molar-refractivity contribution < 1.29 is 14.3 Å². The number of nitrogens with zero attached hydrogens (tertiary/aromatic N) is 3. The number of aryl methyl sites for hydroxylation is 1. The molecule has 5 aromatic rings. The number of carbonyl (C=O) groups is 2.